The fourth-order valence-corrected chi connectivity index (χ4v) is 3.31. The summed E-state index contributed by atoms with van der Waals surface area (Å²) in [6, 6.07) is 0. The molecule has 0 unspecified atom stereocenters. The molecule has 118 valence electrons. The van der Waals surface area contributed by atoms with E-state index in [9.17, 15) is 4.79 Å². The highest BCUT2D eigenvalue weighted by atomic mass is 32.1. The molecular formula is C14H18N4O3S. The average Bonchev–Trinajstić information content (AvgIpc) is 3.16. The third-order valence-corrected chi connectivity index (χ3v) is 4.44. The molecule has 0 aromatic carbocycles. The van der Waals surface area contributed by atoms with E-state index in [4.69, 9.17) is 9.15 Å². The molecule has 3 rings (SSSR count). The first-order valence-electron chi connectivity index (χ1n) is 7.33. The molecule has 1 saturated heterocycles. The Bertz CT molecular complexity index is 654. The second kappa shape index (κ2) is 6.53. The molecule has 0 bridgehead atoms. The minimum absolute atomic E-state index is 0.00982. The van der Waals surface area contributed by atoms with Gasteiger partial charge in [-0.1, -0.05) is 6.92 Å². The Morgan fingerprint density at radius 2 is 2.36 bits per heavy atom. The lowest BCUT2D eigenvalue weighted by atomic mass is 10.2. The van der Waals surface area contributed by atoms with Gasteiger partial charge < -0.3 is 14.1 Å². The zero-order valence-electron chi connectivity index (χ0n) is 12.6. The summed E-state index contributed by atoms with van der Waals surface area (Å²) >= 11 is 1.47. The first-order valence-corrected chi connectivity index (χ1v) is 8.14. The third-order valence-electron chi connectivity index (χ3n) is 3.40. The predicted octanol–water partition coefficient (Wildman–Crippen LogP) is 2.00. The zero-order chi connectivity index (χ0) is 15.5. The van der Waals surface area contributed by atoms with Gasteiger partial charge in [0.05, 0.1) is 24.4 Å². The van der Waals surface area contributed by atoms with Gasteiger partial charge in [0, 0.05) is 13.5 Å². The molecule has 8 heteroatoms. The lowest BCUT2D eigenvalue weighted by Crippen LogP contribution is -2.42. The lowest BCUT2D eigenvalue weighted by Gasteiger charge is -2.30. The highest BCUT2D eigenvalue weighted by molar-refractivity contribution is 7.13. The van der Waals surface area contributed by atoms with E-state index in [2.05, 4.69) is 22.1 Å². The number of nitrogens with zero attached hydrogens (tertiary/aromatic N) is 4. The maximum Gasteiger partial charge on any atom is 0.265 e. The smallest absolute Gasteiger partial charge is 0.265 e. The first kappa shape index (κ1) is 15.1. The van der Waals surface area contributed by atoms with Crippen LogP contribution in [0.15, 0.2) is 10.6 Å². The number of morpholine rings is 1. The largest absolute Gasteiger partial charge is 0.423 e. The van der Waals surface area contributed by atoms with Crippen LogP contribution in [-0.2, 0) is 11.2 Å². The van der Waals surface area contributed by atoms with Gasteiger partial charge >= 0.3 is 0 Å². The van der Waals surface area contributed by atoms with Gasteiger partial charge in [-0.3, -0.25) is 4.79 Å². The monoisotopic (exact) mass is 322 g/mol. The average molecular weight is 322 g/mol. The van der Waals surface area contributed by atoms with Crippen molar-refractivity contribution in [2.24, 2.45) is 0 Å². The van der Waals surface area contributed by atoms with Crippen LogP contribution in [0.25, 0.3) is 0 Å². The van der Waals surface area contributed by atoms with E-state index in [1.165, 1.54) is 11.3 Å². The van der Waals surface area contributed by atoms with Gasteiger partial charge in [-0.15, -0.1) is 21.5 Å². The molecule has 3 heterocycles. The number of thiazole rings is 1. The van der Waals surface area contributed by atoms with Crippen LogP contribution in [0.1, 0.15) is 45.9 Å². The van der Waals surface area contributed by atoms with Gasteiger partial charge in [-0.05, 0) is 12.8 Å². The molecule has 22 heavy (non-hydrogen) atoms. The van der Waals surface area contributed by atoms with Crippen molar-refractivity contribution in [1.82, 2.24) is 20.1 Å². The molecule has 0 aliphatic carbocycles. The molecule has 1 amide bonds. The molecule has 2 aromatic rings. The molecule has 0 radical (unpaired) electrons. The number of hydrogen-bond acceptors (Lipinski definition) is 7. The van der Waals surface area contributed by atoms with Gasteiger partial charge in [0.25, 0.3) is 5.91 Å². The van der Waals surface area contributed by atoms with Gasteiger partial charge in [0.2, 0.25) is 11.8 Å². The minimum atomic E-state index is -0.359. The van der Waals surface area contributed by atoms with E-state index in [1.54, 1.807) is 18.0 Å². The Labute approximate surface area is 132 Å². The molecule has 1 aliphatic rings. The van der Waals surface area contributed by atoms with Gasteiger partial charge in [0.1, 0.15) is 4.88 Å². The summed E-state index contributed by atoms with van der Waals surface area (Å²) in [5.74, 6) is 0.907. The SMILES string of the molecule is CCCc1ncc(C(=O)N2CCO[C@H](c3nnc(C)o3)C2)s1. The number of hydrogen-bond donors (Lipinski definition) is 0. The van der Waals surface area contributed by atoms with Crippen LogP contribution >= 0.6 is 11.3 Å². The van der Waals surface area contributed by atoms with E-state index in [0.29, 0.717) is 36.4 Å². The maximum atomic E-state index is 12.6. The maximum absolute atomic E-state index is 12.6. The summed E-state index contributed by atoms with van der Waals surface area (Å²) < 4.78 is 11.0. The number of carbonyl (C=O) groups excluding carboxylic acids is 1. The zero-order valence-corrected chi connectivity index (χ0v) is 13.4. The standard InChI is InChI=1S/C14H18N4O3S/c1-3-4-12-15-7-11(22-12)14(19)18-5-6-20-10(8-18)13-17-16-9(2)21-13/h7,10H,3-6,8H2,1-2H3/t10-/m0/s1. The van der Waals surface area contributed by atoms with Gasteiger partial charge in [0.15, 0.2) is 6.10 Å². The van der Waals surface area contributed by atoms with Crippen molar-refractivity contribution in [2.45, 2.75) is 32.8 Å². The fraction of sp³-hybridized carbons (Fsp3) is 0.571. The van der Waals surface area contributed by atoms with Crippen LogP contribution in [0.4, 0.5) is 0 Å². The fourth-order valence-electron chi connectivity index (χ4n) is 2.32. The Morgan fingerprint density at radius 1 is 1.50 bits per heavy atom. The highest BCUT2D eigenvalue weighted by Crippen LogP contribution is 2.24. The van der Waals surface area contributed by atoms with Crippen LogP contribution in [0.5, 0.6) is 0 Å². The summed E-state index contributed by atoms with van der Waals surface area (Å²) in [5, 5.41) is 8.78. The number of ether oxygens (including phenoxy) is 1. The predicted molar refractivity (Wildman–Crippen MR) is 79.7 cm³/mol. The number of aryl methyl sites for hydroxylation is 2. The lowest BCUT2D eigenvalue weighted by molar-refractivity contribution is -0.0348. The third kappa shape index (κ3) is 3.17. The number of amides is 1. The van der Waals surface area contributed by atoms with Crippen LogP contribution in [-0.4, -0.2) is 45.7 Å². The number of rotatable bonds is 4. The Morgan fingerprint density at radius 3 is 3.09 bits per heavy atom. The summed E-state index contributed by atoms with van der Waals surface area (Å²) in [5.41, 5.74) is 0. The molecule has 0 spiro atoms. The van der Waals surface area contributed by atoms with Crippen LogP contribution in [0.2, 0.25) is 0 Å². The topological polar surface area (TPSA) is 81.4 Å². The van der Waals surface area contributed by atoms with Crippen molar-refractivity contribution in [3.8, 4) is 0 Å². The Hall–Kier alpha value is -1.80. The first-order chi connectivity index (χ1) is 10.7. The van der Waals surface area contributed by atoms with Crippen LogP contribution in [0, 0.1) is 6.92 Å². The molecule has 0 saturated carbocycles. The Kier molecular flexibility index (Phi) is 4.49. The van der Waals surface area contributed by atoms with Gasteiger partial charge in [-0.25, -0.2) is 4.98 Å². The minimum Gasteiger partial charge on any atom is -0.423 e. The molecule has 0 N–H and O–H groups in total. The van der Waals surface area contributed by atoms with E-state index in [0.717, 1.165) is 17.8 Å². The molecule has 1 aliphatic heterocycles. The molecule has 1 atom stereocenters. The molecule has 2 aromatic heterocycles. The summed E-state index contributed by atoms with van der Waals surface area (Å²) in [4.78, 5) is 19.3. The van der Waals surface area contributed by atoms with E-state index in [-0.39, 0.29) is 12.0 Å². The molecule has 1 fully saturated rings. The van der Waals surface area contributed by atoms with Gasteiger partial charge in [-0.2, -0.15) is 0 Å². The van der Waals surface area contributed by atoms with Crippen molar-refractivity contribution < 1.29 is 13.9 Å². The Balaban J connectivity index is 1.69. The second-order valence-electron chi connectivity index (χ2n) is 5.14. The summed E-state index contributed by atoms with van der Waals surface area (Å²) in [6.07, 6.45) is 3.24. The quantitative estimate of drug-likeness (QED) is 0.856. The second-order valence-corrected chi connectivity index (χ2v) is 6.25. The number of carbonyl (C=O) groups is 1. The summed E-state index contributed by atoms with van der Waals surface area (Å²) in [7, 11) is 0. The molecule has 7 nitrogen and oxygen atoms in total. The van der Waals surface area contributed by atoms with Crippen LogP contribution in [0.3, 0.4) is 0 Å². The van der Waals surface area contributed by atoms with Crippen molar-refractivity contribution in [2.75, 3.05) is 19.7 Å². The van der Waals surface area contributed by atoms with Crippen molar-refractivity contribution in [3.63, 3.8) is 0 Å². The van der Waals surface area contributed by atoms with E-state index < -0.39 is 0 Å². The normalized spacial score (nSPS) is 18.6. The van der Waals surface area contributed by atoms with Crippen LogP contribution < -0.4 is 0 Å². The van der Waals surface area contributed by atoms with E-state index in [1.807, 2.05) is 0 Å². The highest BCUT2D eigenvalue weighted by Gasteiger charge is 2.30. The van der Waals surface area contributed by atoms with Crippen molar-refractivity contribution >= 4 is 17.2 Å². The molecular weight excluding hydrogens is 304 g/mol. The van der Waals surface area contributed by atoms with Crippen molar-refractivity contribution in [1.29, 1.82) is 0 Å². The van der Waals surface area contributed by atoms with Crippen molar-refractivity contribution in [3.05, 3.63) is 27.9 Å². The van der Waals surface area contributed by atoms with E-state index >= 15 is 0 Å². The summed E-state index contributed by atoms with van der Waals surface area (Å²) in [6.45, 7) is 5.26. The number of aromatic nitrogens is 3.